The van der Waals surface area contributed by atoms with E-state index in [2.05, 4.69) is 20.9 Å². The second-order valence-electron chi connectivity index (χ2n) is 3.25. The Labute approximate surface area is 99.4 Å². The van der Waals surface area contributed by atoms with Crippen LogP contribution in [0.1, 0.15) is 10.4 Å². The van der Waals surface area contributed by atoms with Crippen molar-refractivity contribution >= 4 is 33.1 Å². The fraction of sp³-hybridized carbons (Fsp3) is 0.0909. The minimum atomic E-state index is -0.396. The van der Waals surface area contributed by atoms with Gasteiger partial charge in [-0.3, -0.25) is 9.59 Å². The van der Waals surface area contributed by atoms with Gasteiger partial charge >= 0.3 is 0 Å². The number of aromatic nitrogens is 1. The normalized spacial score (nSPS) is 10.4. The average Bonchev–Trinajstić information content (AvgIpc) is 2.28. The van der Waals surface area contributed by atoms with Crippen LogP contribution in [0, 0.1) is 0 Å². The van der Waals surface area contributed by atoms with Crippen LogP contribution in [0.2, 0.25) is 0 Å². The highest BCUT2D eigenvalue weighted by molar-refractivity contribution is 9.10. The van der Waals surface area contributed by atoms with E-state index in [-0.39, 0.29) is 5.56 Å². The van der Waals surface area contributed by atoms with Gasteiger partial charge in [-0.1, -0.05) is 0 Å². The highest BCUT2D eigenvalue weighted by Crippen LogP contribution is 2.28. The van der Waals surface area contributed by atoms with Gasteiger partial charge in [0.1, 0.15) is 5.75 Å². The lowest BCUT2D eigenvalue weighted by Crippen LogP contribution is -2.11. The molecule has 1 heterocycles. The molecular formula is C11H8BrNO3. The smallest absolute Gasteiger partial charge is 0.259 e. The van der Waals surface area contributed by atoms with E-state index in [1.165, 1.54) is 0 Å². The van der Waals surface area contributed by atoms with Crippen molar-refractivity contribution < 1.29 is 9.53 Å². The third-order valence-electron chi connectivity index (χ3n) is 2.27. The Kier molecular flexibility index (Phi) is 2.78. The van der Waals surface area contributed by atoms with Crippen LogP contribution in [0.15, 0.2) is 27.5 Å². The van der Waals surface area contributed by atoms with Gasteiger partial charge in [-0.25, -0.2) is 0 Å². The molecule has 5 heteroatoms. The van der Waals surface area contributed by atoms with Gasteiger partial charge in [0, 0.05) is 11.5 Å². The highest BCUT2D eigenvalue weighted by atomic mass is 79.9. The first kappa shape index (κ1) is 10.9. The molecule has 16 heavy (non-hydrogen) atoms. The predicted octanol–water partition coefficient (Wildman–Crippen LogP) is 2.11. The summed E-state index contributed by atoms with van der Waals surface area (Å²) < 4.78 is 5.88. The van der Waals surface area contributed by atoms with Crippen molar-refractivity contribution in [2.75, 3.05) is 7.11 Å². The Morgan fingerprint density at radius 3 is 2.75 bits per heavy atom. The molecule has 0 bridgehead atoms. The molecule has 0 fully saturated rings. The molecule has 82 valence electrons. The zero-order valence-electron chi connectivity index (χ0n) is 8.41. The molecule has 0 unspecified atom stereocenters. The summed E-state index contributed by atoms with van der Waals surface area (Å²) in [6.45, 7) is 0. The maximum absolute atomic E-state index is 11.4. The van der Waals surface area contributed by atoms with Crippen LogP contribution >= 0.6 is 15.9 Å². The topological polar surface area (TPSA) is 59.2 Å². The van der Waals surface area contributed by atoms with Crippen LogP contribution in [-0.4, -0.2) is 18.4 Å². The van der Waals surface area contributed by atoms with Gasteiger partial charge in [-0.2, -0.15) is 0 Å². The number of fused-ring (bicyclic) bond motifs is 1. The lowest BCUT2D eigenvalue weighted by Gasteiger charge is -2.05. The zero-order chi connectivity index (χ0) is 11.7. The number of halogens is 1. The molecule has 0 spiro atoms. The van der Waals surface area contributed by atoms with Crippen molar-refractivity contribution in [2.24, 2.45) is 0 Å². The largest absolute Gasteiger partial charge is 0.495 e. The highest BCUT2D eigenvalue weighted by Gasteiger charge is 2.06. The molecular weight excluding hydrogens is 274 g/mol. The number of aromatic amines is 1. The molecule has 0 amide bonds. The van der Waals surface area contributed by atoms with Crippen LogP contribution < -0.4 is 10.3 Å². The molecule has 0 radical (unpaired) electrons. The molecule has 4 nitrogen and oxygen atoms in total. The van der Waals surface area contributed by atoms with Gasteiger partial charge < -0.3 is 9.72 Å². The van der Waals surface area contributed by atoms with Crippen LogP contribution in [0.25, 0.3) is 10.9 Å². The number of ether oxygens (including phenoxy) is 1. The predicted molar refractivity (Wildman–Crippen MR) is 64.2 cm³/mol. The van der Waals surface area contributed by atoms with Gasteiger partial charge in [0.15, 0.2) is 6.29 Å². The Bertz CT molecular complexity index is 618. The molecule has 0 atom stereocenters. The zero-order valence-corrected chi connectivity index (χ0v) is 10.00. The number of carbonyl (C=O) groups is 1. The molecule has 1 N–H and O–H groups in total. The fourth-order valence-corrected chi connectivity index (χ4v) is 1.99. The van der Waals surface area contributed by atoms with E-state index in [0.29, 0.717) is 17.6 Å². The van der Waals surface area contributed by atoms with E-state index in [4.69, 9.17) is 4.74 Å². The first-order valence-corrected chi connectivity index (χ1v) is 5.30. The van der Waals surface area contributed by atoms with Crippen molar-refractivity contribution in [1.29, 1.82) is 0 Å². The number of hydrogen-bond acceptors (Lipinski definition) is 3. The summed E-state index contributed by atoms with van der Waals surface area (Å²) in [5.74, 6) is 0.627. The van der Waals surface area contributed by atoms with Crippen molar-refractivity contribution in [3.8, 4) is 5.75 Å². The summed E-state index contributed by atoms with van der Waals surface area (Å²) in [6, 6.07) is 5.04. The Balaban J connectivity index is 2.81. The average molecular weight is 282 g/mol. The first-order valence-electron chi connectivity index (χ1n) is 4.51. The maximum Gasteiger partial charge on any atom is 0.259 e. The minimum absolute atomic E-state index is 0.115. The number of hydrogen-bond donors (Lipinski definition) is 1. The molecule has 0 aliphatic carbocycles. The van der Waals surface area contributed by atoms with Gasteiger partial charge in [-0.15, -0.1) is 0 Å². The molecule has 0 saturated carbocycles. The first-order chi connectivity index (χ1) is 7.65. The van der Waals surface area contributed by atoms with E-state index in [0.717, 1.165) is 9.86 Å². The molecule has 2 aromatic rings. The summed E-state index contributed by atoms with van der Waals surface area (Å²) in [7, 11) is 1.55. The molecule has 1 aromatic carbocycles. The van der Waals surface area contributed by atoms with E-state index in [9.17, 15) is 9.59 Å². The van der Waals surface area contributed by atoms with E-state index in [1.54, 1.807) is 25.3 Å². The third-order valence-corrected chi connectivity index (χ3v) is 2.89. The van der Waals surface area contributed by atoms with Gasteiger partial charge in [-0.05, 0) is 28.1 Å². The van der Waals surface area contributed by atoms with E-state index >= 15 is 0 Å². The van der Waals surface area contributed by atoms with Crippen molar-refractivity contribution in [3.63, 3.8) is 0 Å². The van der Waals surface area contributed by atoms with Crippen molar-refractivity contribution in [3.05, 3.63) is 38.6 Å². The lowest BCUT2D eigenvalue weighted by molar-refractivity contribution is 0.112. The SMILES string of the molecule is COc1cc2[nH]c(=O)c(C=O)cc2cc1Br. The fourth-order valence-electron chi connectivity index (χ4n) is 1.47. The van der Waals surface area contributed by atoms with E-state index < -0.39 is 5.56 Å². The Morgan fingerprint density at radius 1 is 1.38 bits per heavy atom. The van der Waals surface area contributed by atoms with Crippen LogP contribution in [-0.2, 0) is 0 Å². The summed E-state index contributed by atoms with van der Waals surface area (Å²) in [5, 5.41) is 0.773. The summed E-state index contributed by atoms with van der Waals surface area (Å²) in [5.41, 5.74) is 0.354. The van der Waals surface area contributed by atoms with E-state index in [1.807, 2.05) is 0 Å². The number of rotatable bonds is 2. The molecule has 2 rings (SSSR count). The third kappa shape index (κ3) is 1.74. The van der Waals surface area contributed by atoms with Crippen LogP contribution in [0.3, 0.4) is 0 Å². The summed E-state index contributed by atoms with van der Waals surface area (Å²) >= 11 is 3.34. The Hall–Kier alpha value is -1.62. The molecule has 0 aliphatic rings. The molecule has 0 aliphatic heterocycles. The van der Waals surface area contributed by atoms with Gasteiger partial charge in [0.2, 0.25) is 0 Å². The number of pyridine rings is 1. The number of H-pyrrole nitrogens is 1. The quantitative estimate of drug-likeness (QED) is 0.858. The molecule has 0 saturated heterocycles. The number of nitrogens with one attached hydrogen (secondary N) is 1. The number of carbonyl (C=O) groups excluding carboxylic acids is 1. The number of benzene rings is 1. The number of methoxy groups -OCH3 is 1. The second kappa shape index (κ2) is 4.09. The van der Waals surface area contributed by atoms with Gasteiger partial charge in [0.05, 0.1) is 22.7 Å². The Morgan fingerprint density at radius 2 is 2.12 bits per heavy atom. The summed E-state index contributed by atoms with van der Waals surface area (Å²) in [6.07, 6.45) is 0.538. The van der Waals surface area contributed by atoms with Crippen LogP contribution in [0.4, 0.5) is 0 Å². The van der Waals surface area contributed by atoms with Crippen LogP contribution in [0.5, 0.6) is 5.75 Å². The standard InChI is InChI=1S/C11H8BrNO3/c1-16-10-4-9-6(3-8(10)12)2-7(5-14)11(15)13-9/h2-5H,1H3,(H,13,15). The molecule has 1 aromatic heterocycles. The minimum Gasteiger partial charge on any atom is -0.495 e. The second-order valence-corrected chi connectivity index (χ2v) is 4.10. The maximum atomic E-state index is 11.4. The van der Waals surface area contributed by atoms with Crippen molar-refractivity contribution in [1.82, 2.24) is 4.98 Å². The summed E-state index contributed by atoms with van der Waals surface area (Å²) in [4.78, 5) is 24.7. The number of aldehydes is 1. The van der Waals surface area contributed by atoms with Crippen molar-refractivity contribution in [2.45, 2.75) is 0 Å². The monoisotopic (exact) mass is 281 g/mol. The van der Waals surface area contributed by atoms with Gasteiger partial charge in [0.25, 0.3) is 5.56 Å². The lowest BCUT2D eigenvalue weighted by atomic mass is 10.1.